The molecule has 0 aromatic heterocycles. The van der Waals surface area contributed by atoms with Gasteiger partial charge in [0.1, 0.15) is 5.75 Å². The van der Waals surface area contributed by atoms with Crippen LogP contribution >= 0.6 is 0 Å². The summed E-state index contributed by atoms with van der Waals surface area (Å²) in [5.74, 6) is 0.761. The molecule has 20 heavy (non-hydrogen) atoms. The van der Waals surface area contributed by atoms with Gasteiger partial charge in [-0.25, -0.2) is 0 Å². The molecule has 0 bridgehead atoms. The number of ether oxygens (including phenoxy) is 1. The minimum atomic E-state index is -0.533. The Morgan fingerprint density at radius 1 is 1.35 bits per heavy atom. The van der Waals surface area contributed by atoms with Crippen molar-refractivity contribution < 1.29 is 9.84 Å². The third-order valence-electron chi connectivity index (χ3n) is 4.30. The Morgan fingerprint density at radius 3 is 2.55 bits per heavy atom. The molecule has 112 valence electrons. The molecular formula is C16H26N2O2. The quantitative estimate of drug-likeness (QED) is 0.916. The van der Waals surface area contributed by atoms with E-state index >= 15 is 0 Å². The van der Waals surface area contributed by atoms with Crippen LogP contribution in [0.1, 0.15) is 31.4 Å². The molecule has 4 nitrogen and oxygen atoms in total. The van der Waals surface area contributed by atoms with E-state index in [0.717, 1.165) is 42.9 Å². The molecule has 1 fully saturated rings. The van der Waals surface area contributed by atoms with Crippen LogP contribution in [-0.2, 0) is 0 Å². The van der Waals surface area contributed by atoms with Crippen molar-refractivity contribution in [2.75, 3.05) is 39.2 Å². The molecule has 1 N–H and O–H groups in total. The van der Waals surface area contributed by atoms with Gasteiger partial charge >= 0.3 is 0 Å². The molecule has 0 saturated carbocycles. The van der Waals surface area contributed by atoms with Crippen molar-refractivity contribution in [2.45, 2.75) is 31.9 Å². The number of piperidine rings is 1. The lowest BCUT2D eigenvalue weighted by molar-refractivity contribution is 0.194. The topological polar surface area (TPSA) is 35.9 Å². The summed E-state index contributed by atoms with van der Waals surface area (Å²) in [6.45, 7) is 4.05. The second-order valence-electron chi connectivity index (χ2n) is 5.71. The fourth-order valence-electron chi connectivity index (χ4n) is 3.02. The van der Waals surface area contributed by atoms with E-state index in [0.29, 0.717) is 6.04 Å². The number of rotatable bonds is 4. The molecule has 1 aliphatic rings. The molecule has 1 unspecified atom stereocenters. The van der Waals surface area contributed by atoms with Gasteiger partial charge in [-0.05, 0) is 52.0 Å². The molecule has 2 rings (SSSR count). The summed E-state index contributed by atoms with van der Waals surface area (Å²) in [7, 11) is 5.94. The maximum atomic E-state index is 10.1. The smallest absolute Gasteiger partial charge is 0.126 e. The fourth-order valence-corrected chi connectivity index (χ4v) is 3.02. The van der Waals surface area contributed by atoms with Crippen molar-refractivity contribution >= 4 is 5.69 Å². The Hall–Kier alpha value is -1.26. The van der Waals surface area contributed by atoms with Crippen LogP contribution in [0.15, 0.2) is 18.2 Å². The van der Waals surface area contributed by atoms with Crippen LogP contribution in [0.3, 0.4) is 0 Å². The van der Waals surface area contributed by atoms with E-state index in [1.54, 1.807) is 14.0 Å². The third-order valence-corrected chi connectivity index (χ3v) is 4.30. The van der Waals surface area contributed by atoms with Crippen molar-refractivity contribution in [1.82, 2.24) is 4.90 Å². The van der Waals surface area contributed by atoms with Gasteiger partial charge in [0, 0.05) is 24.3 Å². The van der Waals surface area contributed by atoms with Crippen LogP contribution in [0, 0.1) is 0 Å². The van der Waals surface area contributed by atoms with Gasteiger partial charge in [0.15, 0.2) is 0 Å². The highest BCUT2D eigenvalue weighted by molar-refractivity contribution is 5.60. The van der Waals surface area contributed by atoms with E-state index in [1.165, 1.54) is 0 Å². The Morgan fingerprint density at radius 2 is 2.00 bits per heavy atom. The number of hydrogen-bond donors (Lipinski definition) is 1. The van der Waals surface area contributed by atoms with E-state index < -0.39 is 6.10 Å². The largest absolute Gasteiger partial charge is 0.496 e. The molecule has 1 saturated heterocycles. The van der Waals surface area contributed by atoms with Crippen molar-refractivity contribution in [3.05, 3.63) is 23.8 Å². The molecule has 1 aromatic rings. The summed E-state index contributed by atoms with van der Waals surface area (Å²) in [5.41, 5.74) is 1.96. The van der Waals surface area contributed by atoms with Crippen LogP contribution in [-0.4, -0.2) is 50.3 Å². The molecule has 4 heteroatoms. The zero-order valence-electron chi connectivity index (χ0n) is 13.0. The Balaban J connectivity index is 2.27. The Labute approximate surface area is 122 Å². The van der Waals surface area contributed by atoms with Crippen molar-refractivity contribution in [3.8, 4) is 5.75 Å². The molecular weight excluding hydrogens is 252 g/mol. The summed E-state index contributed by atoms with van der Waals surface area (Å²) in [6.07, 6.45) is 1.78. The maximum Gasteiger partial charge on any atom is 0.126 e. The highest BCUT2D eigenvalue weighted by Gasteiger charge is 2.24. The van der Waals surface area contributed by atoms with Gasteiger partial charge in [-0.2, -0.15) is 0 Å². The van der Waals surface area contributed by atoms with Crippen molar-refractivity contribution in [3.63, 3.8) is 0 Å². The lowest BCUT2D eigenvalue weighted by Crippen LogP contribution is -2.42. The average molecular weight is 278 g/mol. The lowest BCUT2D eigenvalue weighted by atomic mass is 10.00. The SMILES string of the molecule is COc1cccc(N(C)C2CCN(C)CC2)c1C(C)O. The summed E-state index contributed by atoms with van der Waals surface area (Å²) < 4.78 is 5.41. The maximum absolute atomic E-state index is 10.1. The first-order valence-electron chi connectivity index (χ1n) is 7.31. The van der Waals surface area contributed by atoms with E-state index in [9.17, 15) is 5.11 Å². The first-order valence-corrected chi connectivity index (χ1v) is 7.31. The summed E-state index contributed by atoms with van der Waals surface area (Å²) in [4.78, 5) is 4.67. The van der Waals surface area contributed by atoms with Gasteiger partial charge in [-0.1, -0.05) is 6.07 Å². The minimum Gasteiger partial charge on any atom is -0.496 e. The zero-order chi connectivity index (χ0) is 14.7. The summed E-state index contributed by atoms with van der Waals surface area (Å²) in [6, 6.07) is 6.50. The number of benzene rings is 1. The molecule has 0 amide bonds. The molecule has 0 radical (unpaired) electrons. The van der Waals surface area contributed by atoms with E-state index in [-0.39, 0.29) is 0 Å². The van der Waals surface area contributed by atoms with Crippen LogP contribution in [0.25, 0.3) is 0 Å². The first kappa shape index (κ1) is 15.1. The zero-order valence-corrected chi connectivity index (χ0v) is 13.0. The third kappa shape index (κ3) is 3.07. The van der Waals surface area contributed by atoms with E-state index in [1.807, 2.05) is 12.1 Å². The first-order chi connectivity index (χ1) is 9.54. The van der Waals surface area contributed by atoms with Crippen LogP contribution in [0.2, 0.25) is 0 Å². The normalized spacial score (nSPS) is 18.9. The number of aliphatic hydroxyl groups is 1. The monoisotopic (exact) mass is 278 g/mol. The number of aliphatic hydroxyl groups excluding tert-OH is 1. The average Bonchev–Trinajstić information content (AvgIpc) is 2.46. The number of methoxy groups -OCH3 is 1. The van der Waals surface area contributed by atoms with Gasteiger partial charge in [0.2, 0.25) is 0 Å². The summed E-state index contributed by atoms with van der Waals surface area (Å²) >= 11 is 0. The fraction of sp³-hybridized carbons (Fsp3) is 0.625. The van der Waals surface area contributed by atoms with Crippen LogP contribution < -0.4 is 9.64 Å². The van der Waals surface area contributed by atoms with Gasteiger partial charge in [0.05, 0.1) is 13.2 Å². The lowest BCUT2D eigenvalue weighted by Gasteiger charge is -2.37. The van der Waals surface area contributed by atoms with E-state index in [4.69, 9.17) is 4.74 Å². The van der Waals surface area contributed by atoms with Crippen LogP contribution in [0.4, 0.5) is 5.69 Å². The van der Waals surface area contributed by atoms with Gasteiger partial charge in [-0.3, -0.25) is 0 Å². The Kier molecular flexibility index (Phi) is 4.89. The molecule has 0 spiro atoms. The highest BCUT2D eigenvalue weighted by atomic mass is 16.5. The van der Waals surface area contributed by atoms with Crippen molar-refractivity contribution in [2.24, 2.45) is 0 Å². The number of likely N-dealkylation sites (tertiary alicyclic amines) is 1. The van der Waals surface area contributed by atoms with Gasteiger partial charge < -0.3 is 19.6 Å². The van der Waals surface area contributed by atoms with Gasteiger partial charge in [0.25, 0.3) is 0 Å². The van der Waals surface area contributed by atoms with Crippen LogP contribution in [0.5, 0.6) is 5.75 Å². The predicted molar refractivity (Wildman–Crippen MR) is 82.5 cm³/mol. The number of anilines is 1. The molecule has 1 heterocycles. The van der Waals surface area contributed by atoms with E-state index in [2.05, 4.69) is 30.0 Å². The predicted octanol–water partition coefficient (Wildman–Crippen LogP) is 2.28. The van der Waals surface area contributed by atoms with Crippen molar-refractivity contribution in [1.29, 1.82) is 0 Å². The summed E-state index contributed by atoms with van der Waals surface area (Å²) in [5, 5.41) is 10.1. The minimum absolute atomic E-state index is 0.524. The standard InChI is InChI=1S/C16H26N2O2/c1-12(19)16-14(6-5-7-15(16)20-4)18(3)13-8-10-17(2)11-9-13/h5-7,12-13,19H,8-11H2,1-4H3. The second-order valence-corrected chi connectivity index (χ2v) is 5.71. The number of hydrogen-bond acceptors (Lipinski definition) is 4. The second kappa shape index (κ2) is 6.46. The molecule has 0 aliphatic carbocycles. The number of nitrogens with zero attached hydrogens (tertiary/aromatic N) is 2. The molecule has 1 atom stereocenters. The molecule has 1 aliphatic heterocycles. The van der Waals surface area contributed by atoms with Gasteiger partial charge in [-0.15, -0.1) is 0 Å². The Bertz CT molecular complexity index is 440. The highest BCUT2D eigenvalue weighted by Crippen LogP contribution is 2.35. The molecule has 1 aromatic carbocycles.